The molecule has 118 valence electrons. The molecule has 0 bridgehead atoms. The summed E-state index contributed by atoms with van der Waals surface area (Å²) in [4.78, 5) is 11.0. The first-order chi connectivity index (χ1) is 10.3. The number of hydrogen-bond acceptors (Lipinski definition) is 5. The van der Waals surface area contributed by atoms with Crippen LogP contribution >= 0.6 is 0 Å². The monoisotopic (exact) mass is 331 g/mol. The van der Waals surface area contributed by atoms with E-state index in [0.29, 0.717) is 11.8 Å². The summed E-state index contributed by atoms with van der Waals surface area (Å²) in [5.74, 6) is -3.28. The average Bonchev–Trinajstić information content (AvgIpc) is 2.87. The summed E-state index contributed by atoms with van der Waals surface area (Å²) in [5, 5.41) is 0. The third-order valence-corrected chi connectivity index (χ3v) is 3.95. The molecule has 0 aliphatic heterocycles. The second kappa shape index (κ2) is 6.24. The molecule has 0 saturated heterocycles. The summed E-state index contributed by atoms with van der Waals surface area (Å²) < 4.78 is 61.6. The Kier molecular flexibility index (Phi) is 4.57. The van der Waals surface area contributed by atoms with E-state index in [1.807, 2.05) is 0 Å². The number of amides is 1. The summed E-state index contributed by atoms with van der Waals surface area (Å²) in [6.07, 6.45) is 0. The van der Waals surface area contributed by atoms with Crippen molar-refractivity contribution in [2.75, 3.05) is 7.11 Å². The van der Waals surface area contributed by atoms with Crippen LogP contribution in [0.2, 0.25) is 0 Å². The average molecular weight is 331 g/mol. The van der Waals surface area contributed by atoms with E-state index in [9.17, 15) is 22.0 Å². The molecule has 9 heteroatoms. The second-order valence-corrected chi connectivity index (χ2v) is 5.86. The van der Waals surface area contributed by atoms with Crippen molar-refractivity contribution in [3.05, 3.63) is 53.5 Å². The van der Waals surface area contributed by atoms with Crippen LogP contribution in [-0.4, -0.2) is 21.4 Å². The van der Waals surface area contributed by atoms with E-state index < -0.39 is 32.5 Å². The third-order valence-electron chi connectivity index (χ3n) is 2.58. The minimum atomic E-state index is -4.49. The third kappa shape index (κ3) is 3.49. The number of sulfonamides is 1. The van der Waals surface area contributed by atoms with Crippen molar-refractivity contribution >= 4 is 15.9 Å². The lowest BCUT2D eigenvalue weighted by molar-refractivity contribution is 0.0945. The molecule has 1 heterocycles. The van der Waals surface area contributed by atoms with Gasteiger partial charge < -0.3 is 9.15 Å². The number of furan rings is 1. The van der Waals surface area contributed by atoms with E-state index in [1.54, 1.807) is 4.72 Å². The molecule has 6 nitrogen and oxygen atoms in total. The minimum absolute atomic E-state index is 0.104. The molecule has 1 aromatic heterocycles. The van der Waals surface area contributed by atoms with Gasteiger partial charge in [-0.25, -0.2) is 21.9 Å². The largest absolute Gasteiger partial charge is 0.453 e. The number of ether oxygens (including phenoxy) is 1. The number of methoxy groups -OCH3 is 1. The summed E-state index contributed by atoms with van der Waals surface area (Å²) in [6.45, 7) is 0.104. The predicted molar refractivity (Wildman–Crippen MR) is 70.4 cm³/mol. The van der Waals surface area contributed by atoms with Crippen LogP contribution in [0, 0.1) is 11.6 Å². The summed E-state index contributed by atoms with van der Waals surface area (Å²) in [5.41, 5.74) is 0. The highest BCUT2D eigenvalue weighted by Gasteiger charge is 2.24. The van der Waals surface area contributed by atoms with Crippen LogP contribution in [0.5, 0.6) is 0 Å². The maximum Gasteiger partial charge on any atom is 0.300 e. The molecule has 2 aromatic rings. The molecule has 0 radical (unpaired) electrons. The van der Waals surface area contributed by atoms with Gasteiger partial charge in [0.2, 0.25) is 0 Å². The summed E-state index contributed by atoms with van der Waals surface area (Å²) in [6, 6.07) is 4.58. The van der Waals surface area contributed by atoms with Crippen LogP contribution in [0.15, 0.2) is 39.6 Å². The molecule has 1 amide bonds. The molecule has 0 aliphatic rings. The van der Waals surface area contributed by atoms with Crippen LogP contribution in [0.4, 0.5) is 8.78 Å². The number of nitrogens with one attached hydrogen (secondary N) is 1. The number of hydrogen-bond donors (Lipinski definition) is 1. The first-order valence-electron chi connectivity index (χ1n) is 5.93. The topological polar surface area (TPSA) is 85.6 Å². The lowest BCUT2D eigenvalue weighted by Gasteiger charge is -2.06. The number of halogens is 2. The Morgan fingerprint density at radius 2 is 2.00 bits per heavy atom. The van der Waals surface area contributed by atoms with Crippen molar-refractivity contribution in [2.45, 2.75) is 11.5 Å². The highest BCUT2D eigenvalue weighted by atomic mass is 32.2. The molecular formula is C13H11F2NO5S. The van der Waals surface area contributed by atoms with Gasteiger partial charge in [-0.1, -0.05) is 0 Å². The molecule has 2 rings (SSSR count). The fraction of sp³-hybridized carbons (Fsp3) is 0.154. The maximum atomic E-state index is 13.5. The Bertz CT molecular complexity index is 801. The van der Waals surface area contributed by atoms with Gasteiger partial charge >= 0.3 is 5.91 Å². The van der Waals surface area contributed by atoms with E-state index in [-0.39, 0.29) is 12.4 Å². The van der Waals surface area contributed by atoms with E-state index in [4.69, 9.17) is 9.15 Å². The van der Waals surface area contributed by atoms with Crippen LogP contribution in [0.25, 0.3) is 0 Å². The van der Waals surface area contributed by atoms with Crippen molar-refractivity contribution in [1.82, 2.24) is 4.72 Å². The van der Waals surface area contributed by atoms with Crippen molar-refractivity contribution < 1.29 is 31.1 Å². The Balaban J connectivity index is 2.22. The smallest absolute Gasteiger partial charge is 0.300 e. The first kappa shape index (κ1) is 16.1. The number of benzene rings is 1. The summed E-state index contributed by atoms with van der Waals surface area (Å²) in [7, 11) is -3.07. The molecule has 1 aromatic carbocycles. The van der Waals surface area contributed by atoms with Crippen molar-refractivity contribution in [2.24, 2.45) is 0 Å². The van der Waals surface area contributed by atoms with E-state index >= 15 is 0 Å². The normalized spacial score (nSPS) is 11.4. The quantitative estimate of drug-likeness (QED) is 0.903. The minimum Gasteiger partial charge on any atom is -0.453 e. The van der Waals surface area contributed by atoms with Crippen molar-refractivity contribution in [3.8, 4) is 0 Å². The molecule has 0 spiro atoms. The van der Waals surface area contributed by atoms with E-state index in [2.05, 4.69) is 0 Å². The van der Waals surface area contributed by atoms with Gasteiger partial charge in [0.1, 0.15) is 28.9 Å². The molecule has 0 unspecified atom stereocenters. The Morgan fingerprint density at radius 3 is 2.64 bits per heavy atom. The number of carbonyl (C=O) groups is 1. The Labute approximate surface area is 124 Å². The lowest BCUT2D eigenvalue weighted by atomic mass is 10.3. The Hall–Kier alpha value is -2.26. The van der Waals surface area contributed by atoms with Gasteiger partial charge in [-0.2, -0.15) is 0 Å². The van der Waals surface area contributed by atoms with Crippen LogP contribution in [0.3, 0.4) is 0 Å². The first-order valence-corrected chi connectivity index (χ1v) is 7.41. The van der Waals surface area contributed by atoms with Gasteiger partial charge in [-0.3, -0.25) is 4.79 Å². The van der Waals surface area contributed by atoms with Gasteiger partial charge in [0, 0.05) is 13.2 Å². The van der Waals surface area contributed by atoms with Gasteiger partial charge in [0.05, 0.1) is 0 Å². The van der Waals surface area contributed by atoms with Gasteiger partial charge in [-0.15, -0.1) is 0 Å². The highest BCUT2D eigenvalue weighted by Crippen LogP contribution is 2.16. The molecule has 22 heavy (non-hydrogen) atoms. The summed E-state index contributed by atoms with van der Waals surface area (Å²) >= 11 is 0. The highest BCUT2D eigenvalue weighted by molar-refractivity contribution is 7.90. The van der Waals surface area contributed by atoms with Crippen molar-refractivity contribution in [1.29, 1.82) is 0 Å². The fourth-order valence-electron chi connectivity index (χ4n) is 1.64. The maximum absolute atomic E-state index is 13.5. The fourth-order valence-corrected chi connectivity index (χ4v) is 2.66. The van der Waals surface area contributed by atoms with Crippen LogP contribution in [0.1, 0.15) is 16.3 Å². The van der Waals surface area contributed by atoms with E-state index in [0.717, 1.165) is 12.1 Å². The van der Waals surface area contributed by atoms with Crippen molar-refractivity contribution in [3.63, 3.8) is 0 Å². The standard InChI is InChI=1S/C13H11F2NO5S/c1-20-7-9-3-4-11(21-9)13(17)16-22(18,19)12-5-2-8(14)6-10(12)15/h2-6H,7H2,1H3,(H,16,17). The Morgan fingerprint density at radius 1 is 1.27 bits per heavy atom. The number of carbonyl (C=O) groups excluding carboxylic acids is 1. The zero-order valence-electron chi connectivity index (χ0n) is 11.3. The van der Waals surface area contributed by atoms with Gasteiger partial charge in [0.25, 0.3) is 10.0 Å². The zero-order chi connectivity index (χ0) is 16.3. The SMILES string of the molecule is COCc1ccc(C(=O)NS(=O)(=O)c2ccc(F)cc2F)o1. The molecule has 0 fully saturated rings. The van der Waals surface area contributed by atoms with E-state index in [1.165, 1.54) is 19.2 Å². The second-order valence-electron chi connectivity index (χ2n) is 4.21. The molecule has 1 N–H and O–H groups in total. The molecule has 0 saturated carbocycles. The predicted octanol–water partition coefficient (Wildman–Crippen LogP) is 1.82. The molecular weight excluding hydrogens is 320 g/mol. The van der Waals surface area contributed by atoms with Crippen LogP contribution in [-0.2, 0) is 21.4 Å². The molecule has 0 atom stereocenters. The zero-order valence-corrected chi connectivity index (χ0v) is 12.1. The lowest BCUT2D eigenvalue weighted by Crippen LogP contribution is -2.31. The number of rotatable bonds is 5. The molecule has 0 aliphatic carbocycles. The van der Waals surface area contributed by atoms with Gasteiger partial charge in [-0.05, 0) is 24.3 Å². The van der Waals surface area contributed by atoms with Gasteiger partial charge in [0.15, 0.2) is 5.76 Å². The van der Waals surface area contributed by atoms with Crippen LogP contribution < -0.4 is 4.72 Å².